The molecule has 0 spiro atoms. The smallest absolute Gasteiger partial charge is 0.179 e. The van der Waals surface area contributed by atoms with Gasteiger partial charge in [0.25, 0.3) is 0 Å². The Hall–Kier alpha value is -1.62. The lowest BCUT2D eigenvalue weighted by atomic mass is 10.0. The number of imidazole rings is 1. The van der Waals surface area contributed by atoms with Gasteiger partial charge < -0.3 is 16.0 Å². The lowest BCUT2D eigenvalue weighted by molar-refractivity contribution is 0.451. The van der Waals surface area contributed by atoms with Gasteiger partial charge in [-0.1, -0.05) is 6.92 Å². The number of hydrogen-bond donors (Lipinski definition) is 3. The van der Waals surface area contributed by atoms with Gasteiger partial charge >= 0.3 is 0 Å². The van der Waals surface area contributed by atoms with Crippen LogP contribution in [0.15, 0.2) is 12.1 Å². The molecule has 2 aromatic rings. The highest BCUT2D eigenvalue weighted by atomic mass is 15.1. The number of nitrogens with zero attached hydrogens (tertiary/aromatic N) is 2. The number of nitrogens with one attached hydrogen (secondary N) is 2. The van der Waals surface area contributed by atoms with E-state index in [9.17, 15) is 0 Å². The minimum Gasteiger partial charge on any atom is -0.373 e. The van der Waals surface area contributed by atoms with Gasteiger partial charge in [0.2, 0.25) is 0 Å². The molecule has 86 valence electrons. The summed E-state index contributed by atoms with van der Waals surface area (Å²) in [7, 11) is 1.83. The Bertz CT molecular complexity index is 500. The minimum atomic E-state index is -0.430. The average Bonchev–Trinajstić information content (AvgIpc) is 2.72. The molecule has 0 aliphatic carbocycles. The number of rotatable bonds is 3. The normalized spacial score (nSPS) is 15.0. The molecule has 2 rings (SSSR count). The third-order valence-electron chi connectivity index (χ3n) is 2.88. The van der Waals surface area contributed by atoms with Crippen molar-refractivity contribution >= 4 is 17.0 Å². The largest absolute Gasteiger partial charge is 0.373 e. The zero-order valence-corrected chi connectivity index (χ0v) is 9.83. The number of pyridine rings is 1. The van der Waals surface area contributed by atoms with Crippen LogP contribution in [-0.4, -0.2) is 22.0 Å². The number of nitrogens with two attached hydrogens (primary N) is 1. The maximum atomic E-state index is 6.13. The summed E-state index contributed by atoms with van der Waals surface area (Å²) in [4.78, 5) is 12.0. The lowest BCUT2D eigenvalue weighted by Gasteiger charge is -2.18. The van der Waals surface area contributed by atoms with Crippen LogP contribution < -0.4 is 11.1 Å². The Morgan fingerprint density at radius 3 is 2.81 bits per heavy atom. The van der Waals surface area contributed by atoms with Gasteiger partial charge in [0.15, 0.2) is 5.65 Å². The summed E-state index contributed by atoms with van der Waals surface area (Å²) in [5.41, 5.74) is 7.32. The molecule has 0 bridgehead atoms. The zero-order chi connectivity index (χ0) is 11.8. The molecule has 4 N–H and O–H groups in total. The molecule has 0 aliphatic rings. The van der Waals surface area contributed by atoms with Gasteiger partial charge in [-0.15, -0.1) is 0 Å². The lowest BCUT2D eigenvalue weighted by Crippen LogP contribution is -2.33. The maximum absolute atomic E-state index is 6.13. The van der Waals surface area contributed by atoms with Crippen molar-refractivity contribution in [3.63, 3.8) is 0 Å². The first-order valence-corrected chi connectivity index (χ1v) is 5.40. The van der Waals surface area contributed by atoms with Crippen LogP contribution in [0.4, 0.5) is 5.82 Å². The third-order valence-corrected chi connectivity index (χ3v) is 2.88. The number of H-pyrrole nitrogens is 1. The van der Waals surface area contributed by atoms with Crippen LogP contribution in [0.3, 0.4) is 0 Å². The summed E-state index contributed by atoms with van der Waals surface area (Å²) < 4.78 is 0. The highest BCUT2D eigenvalue weighted by molar-refractivity contribution is 5.73. The second-order valence-corrected chi connectivity index (χ2v) is 4.17. The standard InChI is InChI=1S/C11H17N5/c1-4-11(2,12)10-14-7-5-6-8(13-3)15-9(7)16-10/h5-6H,4,12H2,1-3H3,(H2,13,14,15,16). The van der Waals surface area contributed by atoms with E-state index in [-0.39, 0.29) is 0 Å². The molecule has 5 heteroatoms. The van der Waals surface area contributed by atoms with Crippen LogP contribution in [0.5, 0.6) is 0 Å². The Labute approximate surface area is 94.5 Å². The van der Waals surface area contributed by atoms with Gasteiger partial charge in [-0.3, -0.25) is 0 Å². The highest BCUT2D eigenvalue weighted by Crippen LogP contribution is 2.21. The van der Waals surface area contributed by atoms with Gasteiger partial charge in [0.1, 0.15) is 11.6 Å². The number of anilines is 1. The second-order valence-electron chi connectivity index (χ2n) is 4.17. The third kappa shape index (κ3) is 1.74. The average molecular weight is 219 g/mol. The molecule has 0 aliphatic heterocycles. The molecule has 1 atom stereocenters. The van der Waals surface area contributed by atoms with Crippen molar-refractivity contribution in [2.45, 2.75) is 25.8 Å². The van der Waals surface area contributed by atoms with Gasteiger partial charge in [-0.05, 0) is 25.5 Å². The van der Waals surface area contributed by atoms with Crippen LogP contribution in [0.2, 0.25) is 0 Å². The van der Waals surface area contributed by atoms with Gasteiger partial charge in [-0.25, -0.2) is 9.97 Å². The SMILES string of the molecule is CCC(C)(N)c1nc2nc(NC)ccc2[nH]1. The molecule has 0 saturated carbocycles. The second kappa shape index (κ2) is 3.75. The summed E-state index contributed by atoms with van der Waals surface area (Å²) >= 11 is 0. The van der Waals surface area contributed by atoms with E-state index in [1.807, 2.05) is 33.0 Å². The monoisotopic (exact) mass is 219 g/mol. The quantitative estimate of drug-likeness (QED) is 0.732. The van der Waals surface area contributed by atoms with Gasteiger partial charge in [-0.2, -0.15) is 0 Å². The molecule has 2 aromatic heterocycles. The zero-order valence-electron chi connectivity index (χ0n) is 9.83. The molecule has 0 aromatic carbocycles. The summed E-state index contributed by atoms with van der Waals surface area (Å²) in [6.07, 6.45) is 0.825. The van der Waals surface area contributed by atoms with Gasteiger partial charge in [0.05, 0.1) is 11.1 Å². The summed E-state index contributed by atoms with van der Waals surface area (Å²) in [5.74, 6) is 1.59. The van der Waals surface area contributed by atoms with E-state index in [1.165, 1.54) is 0 Å². The molecular formula is C11H17N5. The van der Waals surface area contributed by atoms with E-state index in [2.05, 4.69) is 20.3 Å². The number of aromatic nitrogens is 3. The van der Waals surface area contributed by atoms with E-state index >= 15 is 0 Å². The Morgan fingerprint density at radius 2 is 2.19 bits per heavy atom. The van der Waals surface area contributed by atoms with Crippen molar-refractivity contribution in [1.82, 2.24) is 15.0 Å². The first-order valence-electron chi connectivity index (χ1n) is 5.40. The van der Waals surface area contributed by atoms with Crippen LogP contribution in [-0.2, 0) is 5.54 Å². The fourth-order valence-electron chi connectivity index (χ4n) is 1.47. The summed E-state index contributed by atoms with van der Waals surface area (Å²) in [6, 6.07) is 3.86. The van der Waals surface area contributed by atoms with Crippen molar-refractivity contribution < 1.29 is 0 Å². The first kappa shape index (κ1) is 10.9. The highest BCUT2D eigenvalue weighted by Gasteiger charge is 2.23. The predicted octanol–water partition coefficient (Wildman–Crippen LogP) is 1.58. The maximum Gasteiger partial charge on any atom is 0.179 e. The fraction of sp³-hybridized carbons (Fsp3) is 0.455. The van der Waals surface area contributed by atoms with E-state index in [0.717, 1.165) is 23.6 Å². The molecule has 16 heavy (non-hydrogen) atoms. The summed E-state index contributed by atoms with van der Waals surface area (Å²) in [6.45, 7) is 4.00. The molecule has 0 fully saturated rings. The topological polar surface area (TPSA) is 79.6 Å². The Kier molecular flexibility index (Phi) is 2.55. The fourth-order valence-corrected chi connectivity index (χ4v) is 1.47. The number of aromatic amines is 1. The van der Waals surface area contributed by atoms with E-state index in [0.29, 0.717) is 5.65 Å². The number of hydrogen-bond acceptors (Lipinski definition) is 4. The van der Waals surface area contributed by atoms with Crippen LogP contribution in [0.1, 0.15) is 26.1 Å². The first-order chi connectivity index (χ1) is 7.56. The van der Waals surface area contributed by atoms with Crippen LogP contribution >= 0.6 is 0 Å². The summed E-state index contributed by atoms with van der Waals surface area (Å²) in [5, 5.41) is 2.98. The van der Waals surface area contributed by atoms with E-state index in [4.69, 9.17) is 5.73 Å². The van der Waals surface area contributed by atoms with Crippen molar-refractivity contribution in [2.75, 3.05) is 12.4 Å². The van der Waals surface area contributed by atoms with Crippen molar-refractivity contribution in [1.29, 1.82) is 0 Å². The predicted molar refractivity (Wildman–Crippen MR) is 65.3 cm³/mol. The number of fused-ring (bicyclic) bond motifs is 1. The minimum absolute atomic E-state index is 0.430. The van der Waals surface area contributed by atoms with Crippen LogP contribution in [0.25, 0.3) is 11.2 Å². The molecule has 5 nitrogen and oxygen atoms in total. The van der Waals surface area contributed by atoms with E-state index in [1.54, 1.807) is 0 Å². The molecule has 0 amide bonds. The van der Waals surface area contributed by atoms with Crippen LogP contribution in [0, 0.1) is 0 Å². The van der Waals surface area contributed by atoms with Gasteiger partial charge in [0, 0.05) is 7.05 Å². The molecule has 0 radical (unpaired) electrons. The van der Waals surface area contributed by atoms with Crippen molar-refractivity contribution in [3.8, 4) is 0 Å². The molecule has 2 heterocycles. The Balaban J connectivity index is 2.52. The van der Waals surface area contributed by atoms with E-state index < -0.39 is 5.54 Å². The van der Waals surface area contributed by atoms with Crippen molar-refractivity contribution in [2.24, 2.45) is 5.73 Å². The molecule has 1 unspecified atom stereocenters. The molecule has 0 saturated heterocycles. The van der Waals surface area contributed by atoms with Crippen molar-refractivity contribution in [3.05, 3.63) is 18.0 Å². The Morgan fingerprint density at radius 1 is 1.44 bits per heavy atom. The molecular weight excluding hydrogens is 202 g/mol.